The van der Waals surface area contributed by atoms with Gasteiger partial charge in [-0.25, -0.2) is 4.98 Å². The molecule has 0 aliphatic rings. The number of fused-ring (bicyclic) bond motifs is 1. The number of ether oxygens (including phenoxy) is 1. The first-order chi connectivity index (χ1) is 8.81. The van der Waals surface area contributed by atoms with Crippen LogP contribution in [0.15, 0.2) is 30.3 Å². The molecule has 0 spiro atoms. The van der Waals surface area contributed by atoms with Crippen LogP contribution in [0.4, 0.5) is 11.5 Å². The summed E-state index contributed by atoms with van der Waals surface area (Å²) >= 11 is 0. The van der Waals surface area contributed by atoms with E-state index in [0.717, 1.165) is 10.9 Å². The number of pyridine rings is 1. The van der Waals surface area contributed by atoms with E-state index >= 15 is 0 Å². The van der Waals surface area contributed by atoms with Gasteiger partial charge in [-0.15, -0.1) is 0 Å². The summed E-state index contributed by atoms with van der Waals surface area (Å²) in [6.07, 6.45) is 0. The fourth-order valence-electron chi connectivity index (χ4n) is 1.68. The molecule has 18 heavy (non-hydrogen) atoms. The molecule has 0 aliphatic heterocycles. The van der Waals surface area contributed by atoms with Crippen molar-refractivity contribution in [3.63, 3.8) is 0 Å². The quantitative estimate of drug-likeness (QED) is 0.669. The van der Waals surface area contributed by atoms with E-state index in [1.54, 1.807) is 0 Å². The standard InChI is InChI=1S/C13H17N3O2/c14-11-9-10-3-1-2-4-12(10)16-13(11)15-5-7-18-8-6-17/h1-4,9,17H,5-8,14H2,(H,15,16). The number of aliphatic hydroxyl groups is 1. The maximum Gasteiger partial charge on any atom is 0.150 e. The number of nitrogens with two attached hydrogens (primary N) is 1. The van der Waals surface area contributed by atoms with Crippen LogP contribution in [0, 0.1) is 0 Å². The van der Waals surface area contributed by atoms with Crippen LogP contribution in [-0.4, -0.2) is 36.5 Å². The van der Waals surface area contributed by atoms with E-state index in [9.17, 15) is 0 Å². The molecule has 0 bridgehead atoms. The number of para-hydroxylation sites is 1. The summed E-state index contributed by atoms with van der Waals surface area (Å²) in [7, 11) is 0. The summed E-state index contributed by atoms with van der Waals surface area (Å²) in [5.41, 5.74) is 7.45. The Kier molecular flexibility index (Phi) is 4.33. The van der Waals surface area contributed by atoms with Crippen molar-refractivity contribution in [2.75, 3.05) is 37.4 Å². The number of hydrogen-bond donors (Lipinski definition) is 3. The molecule has 5 nitrogen and oxygen atoms in total. The number of anilines is 2. The lowest BCUT2D eigenvalue weighted by Gasteiger charge is -2.09. The number of nitrogens with zero attached hydrogens (tertiary/aromatic N) is 1. The Labute approximate surface area is 106 Å². The SMILES string of the molecule is Nc1cc2ccccc2nc1NCCOCCO. The largest absolute Gasteiger partial charge is 0.396 e. The molecule has 1 heterocycles. The second-order valence-electron chi connectivity index (χ2n) is 3.88. The molecule has 1 aromatic heterocycles. The van der Waals surface area contributed by atoms with Gasteiger partial charge in [0.25, 0.3) is 0 Å². The third kappa shape index (κ3) is 3.09. The summed E-state index contributed by atoms with van der Waals surface area (Å²) in [6, 6.07) is 9.73. The highest BCUT2D eigenvalue weighted by atomic mass is 16.5. The zero-order valence-electron chi connectivity index (χ0n) is 10.1. The highest BCUT2D eigenvalue weighted by Gasteiger charge is 2.02. The fraction of sp³-hybridized carbons (Fsp3) is 0.308. The van der Waals surface area contributed by atoms with Gasteiger partial charge in [-0.1, -0.05) is 18.2 Å². The third-order valence-corrected chi connectivity index (χ3v) is 2.53. The van der Waals surface area contributed by atoms with Crippen molar-refractivity contribution in [3.8, 4) is 0 Å². The van der Waals surface area contributed by atoms with Crippen molar-refractivity contribution in [2.24, 2.45) is 0 Å². The molecule has 5 heteroatoms. The molecule has 0 fully saturated rings. The molecule has 0 aliphatic carbocycles. The molecule has 2 aromatic rings. The van der Waals surface area contributed by atoms with Gasteiger partial charge in [0.2, 0.25) is 0 Å². The van der Waals surface area contributed by atoms with Crippen LogP contribution >= 0.6 is 0 Å². The van der Waals surface area contributed by atoms with E-state index in [4.69, 9.17) is 15.6 Å². The first kappa shape index (κ1) is 12.6. The second kappa shape index (κ2) is 6.18. The molecule has 0 saturated carbocycles. The molecule has 0 unspecified atom stereocenters. The molecule has 4 N–H and O–H groups in total. The van der Waals surface area contributed by atoms with Gasteiger partial charge in [-0.3, -0.25) is 0 Å². The summed E-state index contributed by atoms with van der Waals surface area (Å²) in [4.78, 5) is 4.45. The molecular weight excluding hydrogens is 230 g/mol. The molecule has 0 atom stereocenters. The number of nitrogens with one attached hydrogen (secondary N) is 1. The molecule has 96 valence electrons. The van der Waals surface area contributed by atoms with Crippen LogP contribution < -0.4 is 11.1 Å². The monoisotopic (exact) mass is 247 g/mol. The Balaban J connectivity index is 2.01. The Hall–Kier alpha value is -1.85. The molecular formula is C13H17N3O2. The molecule has 0 saturated heterocycles. The Morgan fingerprint density at radius 1 is 1.28 bits per heavy atom. The first-order valence-corrected chi connectivity index (χ1v) is 5.89. The van der Waals surface area contributed by atoms with E-state index < -0.39 is 0 Å². The third-order valence-electron chi connectivity index (χ3n) is 2.53. The van der Waals surface area contributed by atoms with Crippen LogP contribution in [0.1, 0.15) is 0 Å². The number of aliphatic hydroxyl groups excluding tert-OH is 1. The van der Waals surface area contributed by atoms with Gasteiger partial charge >= 0.3 is 0 Å². The summed E-state index contributed by atoms with van der Waals surface area (Å²) < 4.78 is 5.15. The molecule has 2 rings (SSSR count). The van der Waals surface area contributed by atoms with E-state index in [1.807, 2.05) is 30.3 Å². The van der Waals surface area contributed by atoms with Gasteiger partial charge in [0.15, 0.2) is 0 Å². The molecule has 0 amide bonds. The van der Waals surface area contributed by atoms with Gasteiger partial charge in [-0.05, 0) is 12.1 Å². The van der Waals surface area contributed by atoms with Crippen molar-refractivity contribution >= 4 is 22.4 Å². The Bertz CT molecular complexity index is 517. The molecule has 0 radical (unpaired) electrons. The van der Waals surface area contributed by atoms with E-state index in [-0.39, 0.29) is 6.61 Å². The second-order valence-corrected chi connectivity index (χ2v) is 3.88. The molecule has 1 aromatic carbocycles. The Morgan fingerprint density at radius 3 is 2.94 bits per heavy atom. The Morgan fingerprint density at radius 2 is 2.11 bits per heavy atom. The van der Waals surface area contributed by atoms with E-state index in [1.165, 1.54) is 0 Å². The minimum atomic E-state index is 0.0381. The lowest BCUT2D eigenvalue weighted by molar-refractivity contribution is 0.0992. The van der Waals surface area contributed by atoms with Gasteiger partial charge in [0.1, 0.15) is 5.82 Å². The highest BCUT2D eigenvalue weighted by Crippen LogP contribution is 2.21. The van der Waals surface area contributed by atoms with Crippen molar-refractivity contribution < 1.29 is 9.84 Å². The number of rotatable bonds is 6. The van der Waals surface area contributed by atoms with Crippen LogP contribution in [0.5, 0.6) is 0 Å². The van der Waals surface area contributed by atoms with Crippen molar-refractivity contribution in [1.82, 2.24) is 4.98 Å². The zero-order valence-corrected chi connectivity index (χ0v) is 10.1. The minimum Gasteiger partial charge on any atom is -0.396 e. The normalized spacial score (nSPS) is 10.7. The lowest BCUT2D eigenvalue weighted by atomic mass is 10.2. The number of nitrogen functional groups attached to an aromatic ring is 1. The summed E-state index contributed by atoms with van der Waals surface area (Å²) in [6.45, 7) is 1.50. The maximum atomic E-state index is 8.57. The van der Waals surface area contributed by atoms with Crippen LogP contribution in [0.2, 0.25) is 0 Å². The summed E-state index contributed by atoms with van der Waals surface area (Å²) in [5, 5.41) is 12.7. The van der Waals surface area contributed by atoms with Gasteiger partial charge in [0, 0.05) is 11.9 Å². The van der Waals surface area contributed by atoms with Gasteiger partial charge in [0.05, 0.1) is 31.0 Å². The van der Waals surface area contributed by atoms with Crippen molar-refractivity contribution in [3.05, 3.63) is 30.3 Å². The first-order valence-electron chi connectivity index (χ1n) is 5.89. The van der Waals surface area contributed by atoms with Crippen LogP contribution in [0.3, 0.4) is 0 Å². The number of benzene rings is 1. The average molecular weight is 247 g/mol. The van der Waals surface area contributed by atoms with Gasteiger partial charge < -0.3 is 20.9 Å². The van der Waals surface area contributed by atoms with Gasteiger partial charge in [-0.2, -0.15) is 0 Å². The lowest BCUT2D eigenvalue weighted by Crippen LogP contribution is -2.13. The topological polar surface area (TPSA) is 80.4 Å². The van der Waals surface area contributed by atoms with E-state index in [0.29, 0.717) is 31.3 Å². The van der Waals surface area contributed by atoms with Crippen molar-refractivity contribution in [2.45, 2.75) is 0 Å². The highest BCUT2D eigenvalue weighted by molar-refractivity contribution is 5.85. The smallest absolute Gasteiger partial charge is 0.150 e. The minimum absolute atomic E-state index is 0.0381. The predicted molar refractivity (Wildman–Crippen MR) is 72.5 cm³/mol. The fourth-order valence-corrected chi connectivity index (χ4v) is 1.68. The summed E-state index contributed by atoms with van der Waals surface area (Å²) in [5.74, 6) is 0.668. The van der Waals surface area contributed by atoms with Crippen LogP contribution in [0.25, 0.3) is 10.9 Å². The predicted octanol–water partition coefficient (Wildman–Crippen LogP) is 1.24. The van der Waals surface area contributed by atoms with Crippen LogP contribution in [-0.2, 0) is 4.74 Å². The number of aromatic nitrogens is 1. The zero-order chi connectivity index (χ0) is 12.8. The van der Waals surface area contributed by atoms with E-state index in [2.05, 4.69) is 10.3 Å². The maximum absolute atomic E-state index is 8.57. The number of hydrogen-bond acceptors (Lipinski definition) is 5. The van der Waals surface area contributed by atoms with Crippen molar-refractivity contribution in [1.29, 1.82) is 0 Å². The average Bonchev–Trinajstić information content (AvgIpc) is 2.39.